The number of amides is 1. The second-order valence-electron chi connectivity index (χ2n) is 5.98. The normalized spacial score (nSPS) is 17.8. The molecule has 4 rings (SSSR count). The summed E-state index contributed by atoms with van der Waals surface area (Å²) < 4.78 is 1.79. The summed E-state index contributed by atoms with van der Waals surface area (Å²) >= 11 is 0. The number of aromatic nitrogens is 5. The van der Waals surface area contributed by atoms with E-state index in [4.69, 9.17) is 0 Å². The molecule has 0 bridgehead atoms. The Morgan fingerprint density at radius 2 is 2.12 bits per heavy atom. The van der Waals surface area contributed by atoms with Crippen LogP contribution in [0.4, 0.5) is 0 Å². The minimum atomic E-state index is 0.0566. The fraction of sp³-hybridized carbons (Fsp3) is 0.294. The van der Waals surface area contributed by atoms with Gasteiger partial charge in [-0.3, -0.25) is 9.36 Å². The molecular formula is C17H18N6O. The number of nitrogens with zero attached hydrogens (tertiary/aromatic N) is 5. The van der Waals surface area contributed by atoms with Crippen LogP contribution in [-0.2, 0) is 0 Å². The highest BCUT2D eigenvalue weighted by Crippen LogP contribution is 2.25. The van der Waals surface area contributed by atoms with Gasteiger partial charge in [-0.2, -0.15) is 0 Å². The summed E-state index contributed by atoms with van der Waals surface area (Å²) in [6.07, 6.45) is 8.88. The molecule has 2 aromatic heterocycles. The molecule has 3 heterocycles. The summed E-state index contributed by atoms with van der Waals surface area (Å²) in [7, 11) is 0. The van der Waals surface area contributed by atoms with Gasteiger partial charge in [0, 0.05) is 42.7 Å². The van der Waals surface area contributed by atoms with Gasteiger partial charge in [-0.15, -0.1) is 10.2 Å². The smallest absolute Gasteiger partial charge is 0.253 e. The monoisotopic (exact) mass is 322 g/mol. The third-order valence-electron chi connectivity index (χ3n) is 4.42. The van der Waals surface area contributed by atoms with Gasteiger partial charge in [-0.25, -0.2) is 4.98 Å². The van der Waals surface area contributed by atoms with Crippen molar-refractivity contribution in [1.82, 2.24) is 29.6 Å². The van der Waals surface area contributed by atoms with Crippen molar-refractivity contribution in [2.75, 3.05) is 13.1 Å². The van der Waals surface area contributed by atoms with Crippen LogP contribution in [0, 0.1) is 0 Å². The first kappa shape index (κ1) is 14.6. The number of rotatable bonds is 3. The fourth-order valence-corrected chi connectivity index (χ4v) is 3.20. The molecule has 1 aromatic carbocycles. The Morgan fingerprint density at radius 3 is 2.92 bits per heavy atom. The Morgan fingerprint density at radius 1 is 1.25 bits per heavy atom. The quantitative estimate of drug-likeness (QED) is 0.800. The van der Waals surface area contributed by atoms with Gasteiger partial charge in [0.05, 0.1) is 0 Å². The molecule has 7 nitrogen and oxygen atoms in total. The lowest BCUT2D eigenvalue weighted by Gasteiger charge is -2.32. The van der Waals surface area contributed by atoms with Crippen molar-refractivity contribution in [3.8, 4) is 5.69 Å². The zero-order valence-electron chi connectivity index (χ0n) is 13.2. The van der Waals surface area contributed by atoms with Crippen LogP contribution in [0.15, 0.2) is 49.3 Å². The summed E-state index contributed by atoms with van der Waals surface area (Å²) in [6.45, 7) is 1.48. The highest BCUT2D eigenvalue weighted by molar-refractivity contribution is 5.94. The van der Waals surface area contributed by atoms with Gasteiger partial charge in [0.1, 0.15) is 18.5 Å². The van der Waals surface area contributed by atoms with E-state index in [-0.39, 0.29) is 11.8 Å². The fourth-order valence-electron chi connectivity index (χ4n) is 3.20. The average Bonchev–Trinajstić information content (AvgIpc) is 3.35. The molecule has 0 radical (unpaired) electrons. The van der Waals surface area contributed by atoms with Crippen molar-refractivity contribution in [3.05, 3.63) is 60.7 Å². The van der Waals surface area contributed by atoms with Gasteiger partial charge >= 0.3 is 0 Å². The van der Waals surface area contributed by atoms with Gasteiger partial charge in [0.15, 0.2) is 0 Å². The topological polar surface area (TPSA) is 79.7 Å². The average molecular weight is 322 g/mol. The number of H-pyrrole nitrogens is 1. The first-order valence-electron chi connectivity index (χ1n) is 8.05. The molecule has 1 fully saturated rings. The van der Waals surface area contributed by atoms with E-state index in [0.29, 0.717) is 12.1 Å². The van der Waals surface area contributed by atoms with Crippen LogP contribution in [0.25, 0.3) is 5.69 Å². The summed E-state index contributed by atoms with van der Waals surface area (Å²) in [5, 5.41) is 7.62. The third kappa shape index (κ3) is 2.80. The van der Waals surface area contributed by atoms with E-state index >= 15 is 0 Å². The Bertz CT molecular complexity index is 811. The number of nitrogens with one attached hydrogen (secondary N) is 1. The first-order valence-corrected chi connectivity index (χ1v) is 8.05. The molecule has 1 atom stereocenters. The Balaban J connectivity index is 1.54. The van der Waals surface area contributed by atoms with E-state index < -0.39 is 0 Å². The van der Waals surface area contributed by atoms with Crippen molar-refractivity contribution >= 4 is 5.91 Å². The van der Waals surface area contributed by atoms with Crippen molar-refractivity contribution < 1.29 is 4.79 Å². The molecule has 0 saturated carbocycles. The Labute approximate surface area is 139 Å². The first-order chi connectivity index (χ1) is 11.8. The predicted molar refractivity (Wildman–Crippen MR) is 87.8 cm³/mol. The summed E-state index contributed by atoms with van der Waals surface area (Å²) in [4.78, 5) is 22.3. The van der Waals surface area contributed by atoms with E-state index in [0.717, 1.165) is 30.9 Å². The molecule has 122 valence electrons. The number of aromatic amines is 1. The Hall–Kier alpha value is -2.96. The molecule has 1 N–H and O–H groups in total. The number of piperidine rings is 1. The second kappa shape index (κ2) is 6.27. The minimum Gasteiger partial charge on any atom is -0.348 e. The summed E-state index contributed by atoms with van der Waals surface area (Å²) in [5.74, 6) is 1.30. The molecule has 7 heteroatoms. The van der Waals surface area contributed by atoms with E-state index in [2.05, 4.69) is 20.2 Å². The number of hydrogen-bond acceptors (Lipinski definition) is 4. The molecule has 1 amide bonds. The lowest BCUT2D eigenvalue weighted by molar-refractivity contribution is 0.0705. The van der Waals surface area contributed by atoms with Crippen LogP contribution in [0.2, 0.25) is 0 Å². The van der Waals surface area contributed by atoms with Crippen molar-refractivity contribution in [1.29, 1.82) is 0 Å². The molecule has 3 aromatic rings. The maximum absolute atomic E-state index is 12.9. The maximum Gasteiger partial charge on any atom is 0.253 e. The molecule has 1 aliphatic heterocycles. The highest BCUT2D eigenvalue weighted by Gasteiger charge is 2.26. The maximum atomic E-state index is 12.9. The van der Waals surface area contributed by atoms with E-state index in [1.807, 2.05) is 35.4 Å². The largest absolute Gasteiger partial charge is 0.348 e. The van der Waals surface area contributed by atoms with Crippen LogP contribution >= 0.6 is 0 Å². The number of benzene rings is 1. The van der Waals surface area contributed by atoms with Crippen LogP contribution in [0.1, 0.15) is 34.9 Å². The van der Waals surface area contributed by atoms with Gasteiger partial charge < -0.3 is 9.88 Å². The summed E-state index contributed by atoms with van der Waals surface area (Å²) in [5.41, 5.74) is 1.56. The number of likely N-dealkylation sites (tertiary alicyclic amines) is 1. The predicted octanol–water partition coefficient (Wildman–Crippen LogP) is 2.01. The van der Waals surface area contributed by atoms with Crippen molar-refractivity contribution in [2.24, 2.45) is 0 Å². The van der Waals surface area contributed by atoms with E-state index in [1.165, 1.54) is 0 Å². The van der Waals surface area contributed by atoms with Crippen molar-refractivity contribution in [2.45, 2.75) is 18.8 Å². The van der Waals surface area contributed by atoms with Crippen LogP contribution in [-0.4, -0.2) is 48.6 Å². The number of carbonyl (C=O) groups excluding carboxylic acids is 1. The lowest BCUT2D eigenvalue weighted by atomic mass is 9.96. The lowest BCUT2D eigenvalue weighted by Crippen LogP contribution is -2.39. The molecule has 0 unspecified atom stereocenters. The van der Waals surface area contributed by atoms with E-state index in [1.54, 1.807) is 23.4 Å². The molecule has 0 aliphatic carbocycles. The van der Waals surface area contributed by atoms with Gasteiger partial charge in [0.25, 0.3) is 5.91 Å². The standard InChI is InChI=1S/C17H18N6O/c24-17(13-3-1-5-15(9-13)23-11-20-21-12-23)22-8-2-4-14(10-22)16-18-6-7-19-16/h1,3,5-7,9,11-12,14H,2,4,8,10H2,(H,18,19)/t14-/m0/s1. The second-order valence-corrected chi connectivity index (χ2v) is 5.98. The third-order valence-corrected chi connectivity index (χ3v) is 4.42. The number of carbonyl (C=O) groups is 1. The Kier molecular flexibility index (Phi) is 3.82. The van der Waals surface area contributed by atoms with Crippen LogP contribution in [0.5, 0.6) is 0 Å². The minimum absolute atomic E-state index is 0.0566. The number of hydrogen-bond donors (Lipinski definition) is 1. The van der Waals surface area contributed by atoms with Gasteiger partial charge in [-0.1, -0.05) is 6.07 Å². The van der Waals surface area contributed by atoms with Crippen LogP contribution < -0.4 is 0 Å². The van der Waals surface area contributed by atoms with Gasteiger partial charge in [0.2, 0.25) is 0 Å². The van der Waals surface area contributed by atoms with Gasteiger partial charge in [-0.05, 0) is 31.0 Å². The molecule has 24 heavy (non-hydrogen) atoms. The van der Waals surface area contributed by atoms with Crippen molar-refractivity contribution in [3.63, 3.8) is 0 Å². The highest BCUT2D eigenvalue weighted by atomic mass is 16.2. The molecule has 0 spiro atoms. The van der Waals surface area contributed by atoms with Crippen LogP contribution in [0.3, 0.4) is 0 Å². The molecule has 1 saturated heterocycles. The zero-order chi connectivity index (χ0) is 16.4. The summed E-state index contributed by atoms with van der Waals surface area (Å²) in [6, 6.07) is 7.55. The molecule has 1 aliphatic rings. The number of imidazole rings is 1. The molecular weight excluding hydrogens is 304 g/mol. The SMILES string of the molecule is O=C(c1cccc(-n2cnnc2)c1)N1CCC[C@H](c2ncc[nH]2)C1. The zero-order valence-corrected chi connectivity index (χ0v) is 13.2. The van der Waals surface area contributed by atoms with E-state index in [9.17, 15) is 4.79 Å².